The van der Waals surface area contributed by atoms with E-state index in [2.05, 4.69) is 10.1 Å². The van der Waals surface area contributed by atoms with Gasteiger partial charge in [0.05, 0.1) is 16.6 Å². The Morgan fingerprint density at radius 2 is 2.11 bits per heavy atom. The van der Waals surface area contributed by atoms with Crippen molar-refractivity contribution in [2.75, 3.05) is 0 Å². The van der Waals surface area contributed by atoms with E-state index in [1.54, 1.807) is 6.07 Å². The van der Waals surface area contributed by atoms with Crippen LogP contribution in [0.5, 0.6) is 0 Å². The Balaban J connectivity index is 2.25. The molecule has 0 atom stereocenters. The number of hydrogen-bond donors (Lipinski definition) is 0. The number of alkyl halides is 1. The molecule has 96 valence electrons. The van der Waals surface area contributed by atoms with Crippen LogP contribution in [0.2, 0.25) is 5.02 Å². The van der Waals surface area contributed by atoms with E-state index in [0.717, 1.165) is 5.56 Å². The molecule has 0 aliphatic rings. The number of nitrogens with zero attached hydrogens (tertiary/aromatic N) is 3. The highest BCUT2D eigenvalue weighted by molar-refractivity contribution is 7.19. The Bertz CT molecular complexity index is 812. The summed E-state index contributed by atoms with van der Waals surface area (Å²) in [5.74, 6) is 0.199. The van der Waals surface area contributed by atoms with Crippen molar-refractivity contribution in [1.82, 2.24) is 14.6 Å². The Morgan fingerprint density at radius 3 is 2.84 bits per heavy atom. The molecule has 0 bridgehead atoms. The maximum atomic E-state index is 11.9. The molecule has 1 aromatic carbocycles. The first-order valence-corrected chi connectivity index (χ1v) is 7.12. The molecule has 7 heteroatoms. The van der Waals surface area contributed by atoms with Crippen molar-refractivity contribution in [3.63, 3.8) is 0 Å². The van der Waals surface area contributed by atoms with Crippen LogP contribution in [0.3, 0.4) is 0 Å². The first kappa shape index (κ1) is 12.6. The van der Waals surface area contributed by atoms with Gasteiger partial charge in [-0.2, -0.15) is 9.61 Å². The maximum Gasteiger partial charge on any atom is 0.275 e. The lowest BCUT2D eigenvalue weighted by molar-refractivity contribution is 0.891. The third-order valence-corrected chi connectivity index (χ3v) is 4.08. The minimum Gasteiger partial charge on any atom is -0.267 e. The summed E-state index contributed by atoms with van der Waals surface area (Å²) in [7, 11) is 0. The van der Waals surface area contributed by atoms with E-state index in [-0.39, 0.29) is 11.4 Å². The van der Waals surface area contributed by atoms with Crippen molar-refractivity contribution in [3.05, 3.63) is 51.4 Å². The summed E-state index contributed by atoms with van der Waals surface area (Å²) in [6.07, 6.45) is 0. The van der Waals surface area contributed by atoms with E-state index in [9.17, 15) is 4.79 Å². The largest absolute Gasteiger partial charge is 0.275 e. The average molecular weight is 312 g/mol. The summed E-state index contributed by atoms with van der Waals surface area (Å²) in [5.41, 5.74) is 1.09. The van der Waals surface area contributed by atoms with Gasteiger partial charge in [-0.25, -0.2) is 4.98 Å². The summed E-state index contributed by atoms with van der Waals surface area (Å²) in [4.78, 5) is 16.6. The predicted molar refractivity (Wildman–Crippen MR) is 77.1 cm³/mol. The first-order valence-electron chi connectivity index (χ1n) is 5.39. The fraction of sp³-hybridized carbons (Fsp3) is 0.0833. The van der Waals surface area contributed by atoms with Crippen LogP contribution in [0.4, 0.5) is 0 Å². The molecule has 19 heavy (non-hydrogen) atoms. The number of hydrogen-bond acceptors (Lipinski definition) is 4. The first-order chi connectivity index (χ1) is 9.19. The average Bonchev–Trinajstić information content (AvgIpc) is 2.83. The molecule has 4 nitrogen and oxygen atoms in total. The monoisotopic (exact) mass is 311 g/mol. The van der Waals surface area contributed by atoms with E-state index < -0.39 is 0 Å². The van der Waals surface area contributed by atoms with Gasteiger partial charge in [-0.15, -0.1) is 11.6 Å². The van der Waals surface area contributed by atoms with Gasteiger partial charge in [0.1, 0.15) is 5.01 Å². The van der Waals surface area contributed by atoms with Crippen molar-refractivity contribution in [2.24, 2.45) is 0 Å². The van der Waals surface area contributed by atoms with Crippen LogP contribution in [0.1, 0.15) is 5.69 Å². The van der Waals surface area contributed by atoms with Crippen LogP contribution >= 0.6 is 34.5 Å². The molecule has 0 fully saturated rings. The van der Waals surface area contributed by atoms with Crippen LogP contribution in [0, 0.1) is 0 Å². The van der Waals surface area contributed by atoms with E-state index in [1.165, 1.54) is 21.9 Å². The second-order valence-electron chi connectivity index (χ2n) is 3.80. The van der Waals surface area contributed by atoms with Gasteiger partial charge in [0.2, 0.25) is 4.96 Å². The highest BCUT2D eigenvalue weighted by Crippen LogP contribution is 2.30. The van der Waals surface area contributed by atoms with Gasteiger partial charge >= 0.3 is 0 Å². The molecule has 0 unspecified atom stereocenters. The maximum absolute atomic E-state index is 11.9. The highest BCUT2D eigenvalue weighted by atomic mass is 35.5. The zero-order valence-electron chi connectivity index (χ0n) is 9.51. The Morgan fingerprint density at radius 1 is 1.32 bits per heavy atom. The third-order valence-electron chi connectivity index (χ3n) is 2.54. The third kappa shape index (κ3) is 2.25. The normalized spacial score (nSPS) is 11.1. The molecule has 2 aromatic heterocycles. The summed E-state index contributed by atoms with van der Waals surface area (Å²) in [6.45, 7) is 0. The van der Waals surface area contributed by atoms with Crippen LogP contribution in [0.15, 0.2) is 35.1 Å². The molecule has 0 saturated heterocycles. The minimum absolute atomic E-state index is 0.199. The number of halogens is 2. The van der Waals surface area contributed by atoms with Crippen LogP contribution in [0.25, 0.3) is 15.5 Å². The standard InChI is InChI=1S/C12H7Cl2N3OS/c13-6-7-5-10(18)17-12(15-7)19-11(16-17)8-3-1-2-4-9(8)14/h1-5H,6H2. The SMILES string of the molecule is O=c1cc(CCl)nc2sc(-c3ccccc3Cl)nn12. The van der Waals surface area contributed by atoms with Crippen LogP contribution in [-0.2, 0) is 5.88 Å². The molecule has 3 aromatic rings. The second kappa shape index (κ2) is 4.92. The van der Waals surface area contributed by atoms with Gasteiger partial charge in [0, 0.05) is 11.6 Å². The van der Waals surface area contributed by atoms with E-state index >= 15 is 0 Å². The predicted octanol–water partition coefficient (Wildman–Crippen LogP) is 3.21. The molecular formula is C12H7Cl2N3OS. The van der Waals surface area contributed by atoms with Gasteiger partial charge in [0.15, 0.2) is 0 Å². The Kier molecular flexibility index (Phi) is 3.26. The summed E-state index contributed by atoms with van der Waals surface area (Å²) >= 11 is 13.1. The van der Waals surface area contributed by atoms with Crippen molar-refractivity contribution >= 4 is 39.5 Å². The number of fused-ring (bicyclic) bond motifs is 1. The zero-order chi connectivity index (χ0) is 13.4. The molecule has 0 N–H and O–H groups in total. The molecule has 0 aliphatic carbocycles. The van der Waals surface area contributed by atoms with Gasteiger partial charge in [-0.05, 0) is 6.07 Å². The quantitative estimate of drug-likeness (QED) is 0.683. The zero-order valence-corrected chi connectivity index (χ0v) is 11.8. The fourth-order valence-corrected chi connectivity index (χ4v) is 3.05. The van der Waals surface area contributed by atoms with Crippen molar-refractivity contribution in [1.29, 1.82) is 0 Å². The molecule has 3 rings (SSSR count). The lowest BCUT2D eigenvalue weighted by Gasteiger charge is -1.96. The molecule has 0 amide bonds. The molecular weight excluding hydrogens is 305 g/mol. The van der Waals surface area contributed by atoms with Crippen molar-refractivity contribution in [3.8, 4) is 10.6 Å². The van der Waals surface area contributed by atoms with E-state index in [4.69, 9.17) is 23.2 Å². The van der Waals surface area contributed by atoms with Crippen LogP contribution < -0.4 is 5.56 Å². The molecule has 0 saturated carbocycles. The number of aromatic nitrogens is 3. The topological polar surface area (TPSA) is 47.3 Å². The van der Waals surface area contributed by atoms with E-state index in [0.29, 0.717) is 20.7 Å². The van der Waals surface area contributed by atoms with Gasteiger partial charge < -0.3 is 0 Å². The molecule has 0 radical (unpaired) electrons. The lowest BCUT2D eigenvalue weighted by atomic mass is 10.2. The molecule has 0 aliphatic heterocycles. The fourth-order valence-electron chi connectivity index (χ4n) is 1.67. The summed E-state index contributed by atoms with van der Waals surface area (Å²) in [5, 5.41) is 5.50. The van der Waals surface area contributed by atoms with Crippen molar-refractivity contribution in [2.45, 2.75) is 5.88 Å². The summed E-state index contributed by atoms with van der Waals surface area (Å²) < 4.78 is 1.26. The second-order valence-corrected chi connectivity index (χ2v) is 5.43. The Labute approximate surface area is 122 Å². The smallest absolute Gasteiger partial charge is 0.267 e. The molecule has 0 spiro atoms. The Hall–Kier alpha value is -1.43. The van der Waals surface area contributed by atoms with Gasteiger partial charge in [-0.1, -0.05) is 41.1 Å². The van der Waals surface area contributed by atoms with E-state index in [1.807, 2.05) is 18.2 Å². The number of rotatable bonds is 2. The summed E-state index contributed by atoms with van der Waals surface area (Å²) in [6, 6.07) is 8.73. The number of benzene rings is 1. The molecule has 2 heterocycles. The minimum atomic E-state index is -0.241. The lowest BCUT2D eigenvalue weighted by Crippen LogP contribution is -2.14. The van der Waals surface area contributed by atoms with Crippen molar-refractivity contribution < 1.29 is 0 Å². The van der Waals surface area contributed by atoms with Gasteiger partial charge in [0.25, 0.3) is 5.56 Å². The van der Waals surface area contributed by atoms with Crippen LogP contribution in [-0.4, -0.2) is 14.6 Å². The van der Waals surface area contributed by atoms with Gasteiger partial charge in [-0.3, -0.25) is 4.79 Å². The highest BCUT2D eigenvalue weighted by Gasteiger charge is 2.12.